The summed E-state index contributed by atoms with van der Waals surface area (Å²) < 4.78 is 43.6. The summed E-state index contributed by atoms with van der Waals surface area (Å²) >= 11 is 3.13. The molecule has 3 nitrogen and oxygen atoms in total. The van der Waals surface area contributed by atoms with Gasteiger partial charge in [0, 0.05) is 0 Å². The lowest BCUT2D eigenvalue weighted by molar-refractivity contribution is -0.158. The Bertz CT molecular complexity index is 384. The standard InChI is InChI=1S/C10H12BrF3N2O/c1-3-15-9(10(12,13)14)7-4-6(11)8(17-2)5-16-7/h4-5,9,15H,3H2,1-2H3. The number of pyridine rings is 1. The van der Waals surface area contributed by atoms with Crippen LogP contribution < -0.4 is 10.1 Å². The van der Waals surface area contributed by atoms with Crippen molar-refractivity contribution >= 4 is 15.9 Å². The first-order valence-electron chi connectivity index (χ1n) is 4.89. The molecule has 1 rings (SSSR count). The van der Waals surface area contributed by atoms with Crippen LogP contribution in [0.4, 0.5) is 13.2 Å². The number of nitrogens with zero attached hydrogens (tertiary/aromatic N) is 1. The Labute approximate surface area is 106 Å². The Hall–Kier alpha value is -0.820. The highest BCUT2D eigenvalue weighted by Gasteiger charge is 2.41. The maximum atomic E-state index is 12.8. The summed E-state index contributed by atoms with van der Waals surface area (Å²) in [5, 5.41) is 2.35. The molecule has 1 N–H and O–H groups in total. The molecule has 7 heteroatoms. The van der Waals surface area contributed by atoms with Crippen molar-refractivity contribution in [3.05, 3.63) is 22.4 Å². The third kappa shape index (κ3) is 3.57. The number of hydrogen-bond acceptors (Lipinski definition) is 3. The average molecular weight is 313 g/mol. The van der Waals surface area contributed by atoms with E-state index in [9.17, 15) is 13.2 Å². The number of aromatic nitrogens is 1. The predicted octanol–water partition coefficient (Wildman–Crippen LogP) is 3.07. The van der Waals surface area contributed by atoms with E-state index in [2.05, 4.69) is 26.2 Å². The molecule has 1 atom stereocenters. The molecule has 0 amide bonds. The van der Waals surface area contributed by atoms with Crippen LogP contribution in [0.2, 0.25) is 0 Å². The van der Waals surface area contributed by atoms with Crippen LogP contribution in [0.3, 0.4) is 0 Å². The zero-order valence-electron chi connectivity index (χ0n) is 9.31. The Morgan fingerprint density at radius 1 is 1.53 bits per heavy atom. The molecule has 1 unspecified atom stereocenters. The number of methoxy groups -OCH3 is 1. The normalized spacial score (nSPS) is 13.5. The van der Waals surface area contributed by atoms with E-state index in [1.807, 2.05) is 0 Å². The van der Waals surface area contributed by atoms with Gasteiger partial charge in [0.25, 0.3) is 0 Å². The van der Waals surface area contributed by atoms with Gasteiger partial charge < -0.3 is 10.1 Å². The van der Waals surface area contributed by atoms with Gasteiger partial charge in [0.1, 0.15) is 6.04 Å². The van der Waals surface area contributed by atoms with Gasteiger partial charge in [-0.25, -0.2) is 0 Å². The number of rotatable bonds is 4. The van der Waals surface area contributed by atoms with Gasteiger partial charge >= 0.3 is 6.18 Å². The summed E-state index contributed by atoms with van der Waals surface area (Å²) in [5.74, 6) is 0.395. The molecule has 17 heavy (non-hydrogen) atoms. The molecule has 0 fully saturated rings. The third-order valence-electron chi connectivity index (χ3n) is 2.09. The first-order valence-corrected chi connectivity index (χ1v) is 5.69. The summed E-state index contributed by atoms with van der Waals surface area (Å²) in [6.45, 7) is 1.81. The molecule has 0 saturated heterocycles. The number of hydrogen-bond donors (Lipinski definition) is 1. The second-order valence-corrected chi connectivity index (χ2v) is 4.13. The highest BCUT2D eigenvalue weighted by Crippen LogP contribution is 2.34. The number of ether oxygens (including phenoxy) is 1. The van der Waals surface area contributed by atoms with E-state index >= 15 is 0 Å². The van der Waals surface area contributed by atoms with Crippen molar-refractivity contribution in [2.45, 2.75) is 19.1 Å². The Morgan fingerprint density at radius 3 is 2.59 bits per heavy atom. The molecule has 0 aliphatic carbocycles. The van der Waals surface area contributed by atoms with Gasteiger partial charge in [-0.15, -0.1) is 0 Å². The molecular weight excluding hydrogens is 301 g/mol. The van der Waals surface area contributed by atoms with Crippen molar-refractivity contribution in [1.29, 1.82) is 0 Å². The quantitative estimate of drug-likeness (QED) is 0.928. The highest BCUT2D eigenvalue weighted by molar-refractivity contribution is 9.10. The topological polar surface area (TPSA) is 34.1 Å². The minimum absolute atomic E-state index is 0.0907. The number of nitrogens with one attached hydrogen (secondary N) is 1. The van der Waals surface area contributed by atoms with Crippen LogP contribution in [-0.4, -0.2) is 24.8 Å². The molecule has 0 aliphatic rings. The van der Waals surface area contributed by atoms with Crippen molar-refractivity contribution in [2.75, 3.05) is 13.7 Å². The monoisotopic (exact) mass is 312 g/mol. The van der Waals surface area contributed by atoms with Gasteiger partial charge in [0.2, 0.25) is 0 Å². The molecule has 0 saturated carbocycles. The fourth-order valence-corrected chi connectivity index (χ4v) is 1.83. The first-order chi connectivity index (χ1) is 7.90. The fourth-order valence-electron chi connectivity index (χ4n) is 1.33. The Balaban J connectivity index is 3.07. The van der Waals surface area contributed by atoms with Crippen LogP contribution >= 0.6 is 15.9 Å². The lowest BCUT2D eigenvalue weighted by Crippen LogP contribution is -2.34. The van der Waals surface area contributed by atoms with Crippen LogP contribution in [0.5, 0.6) is 5.75 Å². The molecule has 0 aliphatic heterocycles. The van der Waals surface area contributed by atoms with Gasteiger partial charge in [-0.2, -0.15) is 13.2 Å². The second-order valence-electron chi connectivity index (χ2n) is 3.28. The largest absolute Gasteiger partial charge is 0.494 e. The van der Waals surface area contributed by atoms with Crippen molar-refractivity contribution in [3.8, 4) is 5.75 Å². The van der Waals surface area contributed by atoms with Crippen LogP contribution in [0.15, 0.2) is 16.7 Å². The fraction of sp³-hybridized carbons (Fsp3) is 0.500. The summed E-state index contributed by atoms with van der Waals surface area (Å²) in [4.78, 5) is 3.76. The van der Waals surface area contributed by atoms with Crippen LogP contribution in [0.1, 0.15) is 18.7 Å². The lowest BCUT2D eigenvalue weighted by atomic mass is 10.2. The molecule has 1 aromatic heterocycles. The number of alkyl halides is 3. The van der Waals surface area contributed by atoms with Crippen molar-refractivity contribution in [1.82, 2.24) is 10.3 Å². The van der Waals surface area contributed by atoms with E-state index in [1.54, 1.807) is 6.92 Å². The zero-order chi connectivity index (χ0) is 13.1. The van der Waals surface area contributed by atoms with E-state index in [0.29, 0.717) is 10.2 Å². The molecule has 0 radical (unpaired) electrons. The van der Waals surface area contributed by atoms with E-state index < -0.39 is 12.2 Å². The van der Waals surface area contributed by atoms with Gasteiger partial charge in [0.05, 0.1) is 23.5 Å². The lowest BCUT2D eigenvalue weighted by Gasteiger charge is -2.20. The van der Waals surface area contributed by atoms with E-state index in [-0.39, 0.29) is 12.2 Å². The van der Waals surface area contributed by atoms with Crippen LogP contribution in [-0.2, 0) is 0 Å². The van der Waals surface area contributed by atoms with Crippen LogP contribution in [0.25, 0.3) is 0 Å². The highest BCUT2D eigenvalue weighted by atomic mass is 79.9. The minimum Gasteiger partial charge on any atom is -0.494 e. The average Bonchev–Trinajstić information content (AvgIpc) is 2.24. The van der Waals surface area contributed by atoms with E-state index in [4.69, 9.17) is 4.74 Å². The van der Waals surface area contributed by atoms with Crippen LogP contribution in [0, 0.1) is 0 Å². The molecule has 0 spiro atoms. The van der Waals surface area contributed by atoms with Crippen molar-refractivity contribution < 1.29 is 17.9 Å². The van der Waals surface area contributed by atoms with Gasteiger partial charge in [-0.05, 0) is 28.5 Å². The SMILES string of the molecule is CCNC(c1cc(Br)c(OC)cn1)C(F)(F)F. The Morgan fingerprint density at radius 2 is 2.18 bits per heavy atom. The third-order valence-corrected chi connectivity index (χ3v) is 2.71. The van der Waals surface area contributed by atoms with Gasteiger partial charge in [0.15, 0.2) is 5.75 Å². The minimum atomic E-state index is -4.38. The summed E-state index contributed by atoms with van der Waals surface area (Å²) in [5.41, 5.74) is -0.0907. The van der Waals surface area contributed by atoms with Crippen molar-refractivity contribution in [3.63, 3.8) is 0 Å². The molecule has 96 valence electrons. The zero-order valence-corrected chi connectivity index (χ0v) is 10.9. The second kappa shape index (κ2) is 5.68. The maximum absolute atomic E-state index is 12.8. The number of halogens is 4. The molecule has 1 heterocycles. The van der Waals surface area contributed by atoms with Gasteiger partial charge in [-0.3, -0.25) is 4.98 Å². The maximum Gasteiger partial charge on any atom is 0.409 e. The molecule has 1 aromatic rings. The van der Waals surface area contributed by atoms with Crippen molar-refractivity contribution in [2.24, 2.45) is 0 Å². The molecular formula is C10H12BrF3N2O. The smallest absolute Gasteiger partial charge is 0.409 e. The summed E-state index contributed by atoms with van der Waals surface area (Å²) in [6.07, 6.45) is -3.12. The summed E-state index contributed by atoms with van der Waals surface area (Å²) in [7, 11) is 1.42. The Kier molecular flexibility index (Phi) is 4.76. The molecule has 0 aromatic carbocycles. The van der Waals surface area contributed by atoms with Gasteiger partial charge in [-0.1, -0.05) is 6.92 Å². The van der Waals surface area contributed by atoms with E-state index in [0.717, 1.165) is 0 Å². The summed E-state index contributed by atoms with van der Waals surface area (Å²) in [6, 6.07) is -0.464. The van der Waals surface area contributed by atoms with E-state index in [1.165, 1.54) is 19.4 Å². The first kappa shape index (κ1) is 14.2. The predicted molar refractivity (Wildman–Crippen MR) is 61.0 cm³/mol. The molecule has 0 bridgehead atoms.